The van der Waals surface area contributed by atoms with Crippen LogP contribution < -0.4 is 5.73 Å². The maximum atomic E-state index is 5.90. The van der Waals surface area contributed by atoms with E-state index in [4.69, 9.17) is 5.73 Å². The van der Waals surface area contributed by atoms with Crippen LogP contribution in [0.1, 0.15) is 63.1 Å². The van der Waals surface area contributed by atoms with Gasteiger partial charge in [-0.2, -0.15) is 0 Å². The van der Waals surface area contributed by atoms with Gasteiger partial charge >= 0.3 is 0 Å². The second-order valence-electron chi connectivity index (χ2n) is 5.50. The first kappa shape index (κ1) is 12.6. The fourth-order valence-corrected chi connectivity index (χ4v) is 2.93. The van der Waals surface area contributed by atoms with Gasteiger partial charge in [0.25, 0.3) is 0 Å². The molecule has 1 aromatic heterocycles. The molecule has 1 aromatic rings. The summed E-state index contributed by atoms with van der Waals surface area (Å²) in [5.41, 5.74) is 5.90. The fourth-order valence-electron chi connectivity index (χ4n) is 2.93. The van der Waals surface area contributed by atoms with E-state index in [2.05, 4.69) is 35.5 Å². The molecular formula is C13H24N4. The molecule has 2 N–H and O–H groups in total. The molecule has 4 heteroatoms. The van der Waals surface area contributed by atoms with Crippen LogP contribution in [-0.2, 0) is 0 Å². The van der Waals surface area contributed by atoms with Crippen LogP contribution in [0.15, 0.2) is 0 Å². The van der Waals surface area contributed by atoms with Crippen LogP contribution in [0.2, 0.25) is 0 Å². The van der Waals surface area contributed by atoms with E-state index in [1.807, 2.05) is 0 Å². The predicted octanol–water partition coefficient (Wildman–Crippen LogP) is 2.40. The minimum absolute atomic E-state index is 0.330. The summed E-state index contributed by atoms with van der Waals surface area (Å²) >= 11 is 0. The minimum Gasteiger partial charge on any atom is -0.330 e. The zero-order valence-electron chi connectivity index (χ0n) is 11.2. The molecule has 0 amide bonds. The number of aromatic nitrogens is 3. The molecule has 1 unspecified atom stereocenters. The highest BCUT2D eigenvalue weighted by Crippen LogP contribution is 2.34. The molecule has 4 nitrogen and oxygen atoms in total. The van der Waals surface area contributed by atoms with Gasteiger partial charge in [0, 0.05) is 18.5 Å². The monoisotopic (exact) mass is 236 g/mol. The summed E-state index contributed by atoms with van der Waals surface area (Å²) in [5, 5.41) is 8.66. The molecular weight excluding hydrogens is 212 g/mol. The van der Waals surface area contributed by atoms with E-state index in [0.717, 1.165) is 11.6 Å². The molecule has 1 aliphatic carbocycles. The van der Waals surface area contributed by atoms with Crippen molar-refractivity contribution in [1.29, 1.82) is 0 Å². The number of hydrogen-bond acceptors (Lipinski definition) is 3. The summed E-state index contributed by atoms with van der Waals surface area (Å²) in [7, 11) is 0. The summed E-state index contributed by atoms with van der Waals surface area (Å²) in [4.78, 5) is 0. The second kappa shape index (κ2) is 5.17. The van der Waals surface area contributed by atoms with Gasteiger partial charge in [-0.15, -0.1) is 10.2 Å². The van der Waals surface area contributed by atoms with Crippen LogP contribution in [0, 0.1) is 12.8 Å². The molecule has 0 spiro atoms. The van der Waals surface area contributed by atoms with E-state index in [1.165, 1.54) is 25.7 Å². The molecule has 0 aliphatic heterocycles. The number of hydrogen-bond donors (Lipinski definition) is 1. The van der Waals surface area contributed by atoms with Crippen LogP contribution in [0.3, 0.4) is 0 Å². The van der Waals surface area contributed by atoms with Gasteiger partial charge in [0.05, 0.1) is 0 Å². The van der Waals surface area contributed by atoms with Gasteiger partial charge in [-0.25, -0.2) is 0 Å². The maximum Gasteiger partial charge on any atom is 0.137 e. The first-order chi connectivity index (χ1) is 8.15. The van der Waals surface area contributed by atoms with Crippen molar-refractivity contribution in [2.45, 2.75) is 58.4 Å². The average molecular weight is 236 g/mol. The van der Waals surface area contributed by atoms with Gasteiger partial charge in [-0.3, -0.25) is 0 Å². The zero-order chi connectivity index (χ0) is 12.4. The Bertz CT molecular complexity index is 363. The Hall–Kier alpha value is -0.900. The number of aryl methyl sites for hydroxylation is 1. The SMILES string of the molecule is Cc1nnc(C(CN)C(C)C)n1C1CCCC1. The molecule has 1 saturated carbocycles. The summed E-state index contributed by atoms with van der Waals surface area (Å²) in [6.45, 7) is 7.13. The van der Waals surface area contributed by atoms with Crippen molar-refractivity contribution in [2.24, 2.45) is 11.7 Å². The lowest BCUT2D eigenvalue weighted by atomic mass is 9.94. The molecule has 1 aliphatic rings. The summed E-state index contributed by atoms with van der Waals surface area (Å²) < 4.78 is 2.35. The molecule has 0 radical (unpaired) electrons. The van der Waals surface area contributed by atoms with Crippen LogP contribution in [0.4, 0.5) is 0 Å². The largest absolute Gasteiger partial charge is 0.330 e. The fraction of sp³-hybridized carbons (Fsp3) is 0.846. The van der Waals surface area contributed by atoms with Crippen molar-refractivity contribution in [3.8, 4) is 0 Å². The van der Waals surface area contributed by atoms with Gasteiger partial charge in [0.1, 0.15) is 11.6 Å². The second-order valence-corrected chi connectivity index (χ2v) is 5.50. The Kier molecular flexibility index (Phi) is 3.82. The molecule has 0 bridgehead atoms. The Morgan fingerprint density at radius 3 is 2.47 bits per heavy atom. The van der Waals surface area contributed by atoms with Crippen LogP contribution >= 0.6 is 0 Å². The van der Waals surface area contributed by atoms with Gasteiger partial charge in [0.2, 0.25) is 0 Å². The van der Waals surface area contributed by atoms with E-state index < -0.39 is 0 Å². The first-order valence-corrected chi connectivity index (χ1v) is 6.76. The Labute approximate surface area is 104 Å². The summed E-state index contributed by atoms with van der Waals surface area (Å²) in [6, 6.07) is 0.604. The molecule has 1 heterocycles. The van der Waals surface area contributed by atoms with Crippen molar-refractivity contribution in [1.82, 2.24) is 14.8 Å². The lowest BCUT2D eigenvalue weighted by Gasteiger charge is -2.23. The highest BCUT2D eigenvalue weighted by Gasteiger charge is 2.27. The molecule has 0 saturated heterocycles. The normalized spacial score (nSPS) is 19.1. The molecule has 1 fully saturated rings. The van der Waals surface area contributed by atoms with Crippen molar-refractivity contribution in [3.05, 3.63) is 11.6 Å². The Morgan fingerprint density at radius 1 is 1.29 bits per heavy atom. The minimum atomic E-state index is 0.330. The van der Waals surface area contributed by atoms with Gasteiger partial charge < -0.3 is 10.3 Å². The van der Waals surface area contributed by atoms with E-state index in [1.54, 1.807) is 0 Å². The number of nitrogens with zero attached hydrogens (tertiary/aromatic N) is 3. The highest BCUT2D eigenvalue weighted by atomic mass is 15.3. The topological polar surface area (TPSA) is 56.7 Å². The third kappa shape index (κ3) is 2.37. The van der Waals surface area contributed by atoms with Gasteiger partial charge in [-0.05, 0) is 25.7 Å². The third-order valence-corrected chi connectivity index (χ3v) is 3.97. The van der Waals surface area contributed by atoms with Crippen LogP contribution in [-0.4, -0.2) is 21.3 Å². The highest BCUT2D eigenvalue weighted by molar-refractivity contribution is 5.06. The third-order valence-electron chi connectivity index (χ3n) is 3.97. The van der Waals surface area contributed by atoms with E-state index in [-0.39, 0.29) is 0 Å². The molecule has 96 valence electrons. The van der Waals surface area contributed by atoms with Crippen LogP contribution in [0.25, 0.3) is 0 Å². The molecule has 1 atom stereocenters. The van der Waals surface area contributed by atoms with E-state index >= 15 is 0 Å². The molecule has 0 aromatic carbocycles. The quantitative estimate of drug-likeness (QED) is 0.873. The Morgan fingerprint density at radius 2 is 1.94 bits per heavy atom. The van der Waals surface area contributed by atoms with Crippen molar-refractivity contribution >= 4 is 0 Å². The standard InChI is InChI=1S/C13H24N4/c1-9(2)12(8-14)13-16-15-10(3)17(13)11-6-4-5-7-11/h9,11-12H,4-8,14H2,1-3H3. The van der Waals surface area contributed by atoms with Gasteiger partial charge in [0.15, 0.2) is 0 Å². The Balaban J connectivity index is 2.33. The lowest BCUT2D eigenvalue weighted by Crippen LogP contribution is -2.23. The van der Waals surface area contributed by atoms with Crippen molar-refractivity contribution in [2.75, 3.05) is 6.54 Å². The van der Waals surface area contributed by atoms with E-state index in [9.17, 15) is 0 Å². The lowest BCUT2D eigenvalue weighted by molar-refractivity contribution is 0.419. The zero-order valence-corrected chi connectivity index (χ0v) is 11.2. The van der Waals surface area contributed by atoms with Crippen molar-refractivity contribution in [3.63, 3.8) is 0 Å². The average Bonchev–Trinajstić information content (AvgIpc) is 2.88. The number of nitrogens with two attached hydrogens (primary N) is 1. The summed E-state index contributed by atoms with van der Waals surface area (Å²) in [6.07, 6.45) is 5.19. The predicted molar refractivity (Wildman–Crippen MR) is 68.9 cm³/mol. The smallest absolute Gasteiger partial charge is 0.137 e. The van der Waals surface area contributed by atoms with E-state index in [0.29, 0.717) is 24.4 Å². The maximum absolute atomic E-state index is 5.90. The van der Waals surface area contributed by atoms with Gasteiger partial charge in [-0.1, -0.05) is 26.7 Å². The van der Waals surface area contributed by atoms with Crippen LogP contribution in [0.5, 0.6) is 0 Å². The molecule has 17 heavy (non-hydrogen) atoms. The van der Waals surface area contributed by atoms with Crippen molar-refractivity contribution < 1.29 is 0 Å². The number of rotatable bonds is 4. The molecule has 2 rings (SSSR count). The first-order valence-electron chi connectivity index (χ1n) is 6.76. The summed E-state index contributed by atoms with van der Waals surface area (Å²) in [5.74, 6) is 3.00.